The van der Waals surface area contributed by atoms with Crippen LogP contribution in [0.1, 0.15) is 0 Å². The molecule has 0 aliphatic carbocycles. The first-order valence-electron chi connectivity index (χ1n) is 17.5. The highest BCUT2D eigenvalue weighted by Gasteiger charge is 2.30. The average molecular weight is 1110 g/mol. The number of nitrogen functional groups attached to an aromatic ring is 1. The van der Waals surface area contributed by atoms with Crippen LogP contribution in [-0.2, 0) is 59.2 Å². The van der Waals surface area contributed by atoms with Crippen molar-refractivity contribution in [2.75, 3.05) is 5.73 Å². The summed E-state index contributed by atoms with van der Waals surface area (Å²) < 4.78 is 150. The third-order valence-electron chi connectivity index (χ3n) is 8.97. The highest BCUT2D eigenvalue weighted by atomic mass is 32.2. The molecule has 0 aliphatic rings. The minimum Gasteiger partial charge on any atom is -0.505 e. The van der Waals surface area contributed by atoms with E-state index in [1.807, 2.05) is 0 Å². The molecule has 6 rings (SSSR count). The van der Waals surface area contributed by atoms with Crippen LogP contribution in [-0.4, -0.2) is 82.5 Å². The van der Waals surface area contributed by atoms with E-state index in [4.69, 9.17) is 16.2 Å². The van der Waals surface area contributed by atoms with Gasteiger partial charge in [-0.05, 0) is 42.5 Å². The number of nitrogens with zero attached hydrogens (tertiary/aromatic N) is 8. The van der Waals surface area contributed by atoms with Crippen LogP contribution in [0.2, 0.25) is 0 Å². The van der Waals surface area contributed by atoms with Crippen LogP contribution in [0.15, 0.2) is 127 Å². The summed E-state index contributed by atoms with van der Waals surface area (Å²) >= 11 is 0.125. The van der Waals surface area contributed by atoms with E-state index in [1.165, 1.54) is 0 Å². The molecule has 39 heteroatoms. The number of fused-ring (bicyclic) bond motifs is 2. The molecule has 0 heterocycles. The van der Waals surface area contributed by atoms with E-state index >= 15 is 0 Å². The number of rotatable bonds is 18. The Morgan fingerprint density at radius 3 is 1.58 bits per heavy atom. The zero-order valence-electron chi connectivity index (χ0n) is 33.6. The Morgan fingerprint density at radius 2 is 1.01 bits per heavy atom. The number of azo groups is 3. The summed E-state index contributed by atoms with van der Waals surface area (Å²) in [6, 6.07) is 7.77. The summed E-state index contributed by atoms with van der Waals surface area (Å²) in [6.07, 6.45) is 0. The molecule has 0 bridgehead atoms. The Hall–Kier alpha value is -7.06. The molecule has 6 aromatic rings. The first-order chi connectivity index (χ1) is 33.1. The van der Waals surface area contributed by atoms with E-state index in [9.17, 15) is 82.3 Å². The lowest BCUT2D eigenvalue weighted by atomic mass is 10.0. The molecule has 0 saturated heterocycles. The maximum absolute atomic E-state index is 13.0. The Morgan fingerprint density at radius 1 is 0.507 bits per heavy atom. The first kappa shape index (κ1) is 53.3. The number of hydrogen-bond acceptors (Lipinski definition) is 29. The molecule has 0 aliphatic heterocycles. The molecule has 374 valence electrons. The fraction of sp³-hybridized carbons (Fsp3) is 0. The van der Waals surface area contributed by atoms with Crippen molar-refractivity contribution in [1.82, 2.24) is 0 Å². The molecule has 0 atom stereocenters. The van der Waals surface area contributed by atoms with Crippen molar-refractivity contribution in [3.05, 3.63) is 87.0 Å². The maximum Gasteiger partial charge on any atom is 0.297 e. The largest absolute Gasteiger partial charge is 0.505 e. The van der Waals surface area contributed by atoms with Gasteiger partial charge in [0.25, 0.3) is 51.8 Å². The minimum atomic E-state index is -5.64. The van der Waals surface area contributed by atoms with Gasteiger partial charge in [-0.15, -0.1) is 39.4 Å². The SMILES string of the molecule is Nc1c(N=Nc2ccc3c(O)c(N=Nc4ccc([N+](=O)[O-])cc4SOOO)c(S(=O)(=O)O)cc3c2S(=O)(=O)O)cc(S(=O)(=O)O)c2cc(SOOO)c(N=Nc3ccc([N+](=O)[O-])cc3S(=O)(=O)O)c(O)c12. The topological polar surface area (TPSA) is 522 Å². The quantitative estimate of drug-likeness (QED) is 0.00750. The highest BCUT2D eigenvalue weighted by Crippen LogP contribution is 2.51. The summed E-state index contributed by atoms with van der Waals surface area (Å²) in [6.45, 7) is 0. The number of aromatic hydroxyl groups is 2. The van der Waals surface area contributed by atoms with Crippen molar-refractivity contribution >= 4 is 137 Å². The summed E-state index contributed by atoms with van der Waals surface area (Å²) in [5.74, 6) is -2.46. The predicted molar refractivity (Wildman–Crippen MR) is 235 cm³/mol. The number of benzene rings is 6. The molecule has 6 aromatic carbocycles. The molecule has 0 fully saturated rings. The van der Waals surface area contributed by atoms with E-state index in [0.29, 0.717) is 24.3 Å². The number of anilines is 1. The van der Waals surface area contributed by atoms with Gasteiger partial charge in [-0.3, -0.25) is 38.4 Å². The van der Waals surface area contributed by atoms with E-state index in [1.54, 1.807) is 0 Å². The number of non-ortho nitro benzene ring substituents is 2. The van der Waals surface area contributed by atoms with Gasteiger partial charge in [0.15, 0.2) is 11.5 Å². The second-order valence-corrected chi connectivity index (χ2v) is 20.2. The molecular formula is C32H21N9O24S6. The fourth-order valence-corrected chi connectivity index (χ4v) is 9.84. The molecule has 0 saturated carbocycles. The number of nitro benzene ring substituents is 2. The molecule has 0 radical (unpaired) electrons. The van der Waals surface area contributed by atoms with Crippen LogP contribution in [0.4, 0.5) is 51.2 Å². The molecule has 0 spiro atoms. The van der Waals surface area contributed by atoms with Crippen molar-refractivity contribution in [3.63, 3.8) is 0 Å². The Kier molecular flexibility index (Phi) is 15.3. The smallest absolute Gasteiger partial charge is 0.297 e. The summed E-state index contributed by atoms with van der Waals surface area (Å²) in [5, 5.41) is 88.6. The van der Waals surface area contributed by atoms with Gasteiger partial charge in [0.05, 0.1) is 54.8 Å². The van der Waals surface area contributed by atoms with Crippen molar-refractivity contribution in [1.29, 1.82) is 0 Å². The molecular weight excluding hydrogens is 1090 g/mol. The van der Waals surface area contributed by atoms with Crippen LogP contribution >= 0.6 is 24.1 Å². The summed E-state index contributed by atoms with van der Waals surface area (Å²) in [4.78, 5) is 14.8. The number of nitro groups is 2. The van der Waals surface area contributed by atoms with E-state index in [2.05, 4.69) is 49.4 Å². The van der Waals surface area contributed by atoms with Gasteiger partial charge in [0.1, 0.15) is 53.7 Å². The molecule has 0 aromatic heterocycles. The number of nitrogens with two attached hydrogens (primary N) is 1. The Balaban J connectivity index is 1.57. The molecule has 0 amide bonds. The van der Waals surface area contributed by atoms with Gasteiger partial charge in [-0.25, -0.2) is 10.5 Å². The van der Waals surface area contributed by atoms with Crippen molar-refractivity contribution < 1.29 is 101 Å². The molecule has 33 nitrogen and oxygen atoms in total. The van der Waals surface area contributed by atoms with E-state index in [-0.39, 0.29) is 34.7 Å². The maximum atomic E-state index is 13.0. The fourth-order valence-electron chi connectivity index (χ4n) is 6.08. The zero-order valence-corrected chi connectivity index (χ0v) is 38.5. The van der Waals surface area contributed by atoms with Crippen molar-refractivity contribution in [2.24, 2.45) is 30.7 Å². The van der Waals surface area contributed by atoms with Gasteiger partial charge >= 0.3 is 0 Å². The number of phenols is 2. The van der Waals surface area contributed by atoms with Gasteiger partial charge in [-0.1, -0.05) is 10.1 Å². The predicted octanol–water partition coefficient (Wildman–Crippen LogP) is 7.89. The Labute approximate surface area is 400 Å². The lowest BCUT2D eigenvalue weighted by Gasteiger charge is -2.15. The normalized spacial score (nSPS) is 12.8. The van der Waals surface area contributed by atoms with Gasteiger partial charge in [0, 0.05) is 40.4 Å². The Bertz CT molecular complexity index is 3800. The molecule has 71 heavy (non-hydrogen) atoms. The number of phenolic OH excluding ortho intramolecular Hbond substituents is 2. The molecule has 10 N–H and O–H groups in total. The monoisotopic (exact) mass is 1110 g/mol. The van der Waals surface area contributed by atoms with E-state index < -0.39 is 153 Å². The third kappa shape index (κ3) is 11.4. The third-order valence-corrected chi connectivity index (χ3v) is 13.8. The van der Waals surface area contributed by atoms with Crippen molar-refractivity contribution in [2.45, 2.75) is 29.4 Å². The lowest BCUT2D eigenvalue weighted by Crippen LogP contribution is -2.03. The minimum absolute atomic E-state index is 0.0235. The van der Waals surface area contributed by atoms with Gasteiger partial charge in [0.2, 0.25) is 0 Å². The van der Waals surface area contributed by atoms with Crippen LogP contribution in [0.3, 0.4) is 0 Å². The standard InChI is InChI=1S/C32H21N9O24S6/c33-27-20(11-23(68(50,51)52)16-9-22(67-65-63-49)28(31(43)26(16)27)38-35-18-5-2-13(41(46)47)8-24(18)69(53,54)55)37-36-19-6-3-14-15(32(19)71(59,60)61)10-25(70(56,57)58)29(30(14)42)39-34-17-4-1-12(40(44)45)7-21(17)66-64-62-48/h1-11,42-43,48-49H,33H2,(H,50,51,52)(H,53,54,55)(H,56,57,58)(H,59,60,61). The van der Waals surface area contributed by atoms with E-state index in [0.717, 1.165) is 42.5 Å². The lowest BCUT2D eigenvalue weighted by molar-refractivity contribution is -0.432. The second-order valence-electron chi connectivity index (χ2n) is 13.2. The van der Waals surface area contributed by atoms with Gasteiger partial charge in [-0.2, -0.15) is 33.7 Å². The summed E-state index contributed by atoms with van der Waals surface area (Å²) in [5.41, 5.74) is -0.802. The average Bonchev–Trinajstić information content (AvgIpc) is 3.27. The van der Waals surface area contributed by atoms with Crippen LogP contribution in [0.25, 0.3) is 21.5 Å². The highest BCUT2D eigenvalue weighted by molar-refractivity contribution is 7.95. The van der Waals surface area contributed by atoms with Crippen LogP contribution in [0.5, 0.6) is 11.5 Å². The molecule has 0 unspecified atom stereocenters. The van der Waals surface area contributed by atoms with Crippen molar-refractivity contribution in [3.8, 4) is 11.5 Å². The van der Waals surface area contributed by atoms with Crippen LogP contribution < -0.4 is 5.73 Å². The first-order valence-corrected chi connectivity index (χ1v) is 24.8. The number of hydrogen-bond donors (Lipinski definition) is 9. The van der Waals surface area contributed by atoms with Crippen LogP contribution in [0, 0.1) is 20.2 Å². The second kappa shape index (κ2) is 20.3. The van der Waals surface area contributed by atoms with Gasteiger partial charge < -0.3 is 15.9 Å². The summed E-state index contributed by atoms with van der Waals surface area (Å²) in [7, 11) is -21.9. The zero-order chi connectivity index (χ0) is 52.5.